The molecule has 0 heterocycles. The van der Waals surface area contributed by atoms with Crippen LogP contribution in [0.1, 0.15) is 13.8 Å². The van der Waals surface area contributed by atoms with Crippen LogP contribution in [0.15, 0.2) is 0 Å². The van der Waals surface area contributed by atoms with Crippen molar-refractivity contribution in [3.63, 3.8) is 0 Å². The highest BCUT2D eigenvalue weighted by Crippen LogP contribution is 1.88. The van der Waals surface area contributed by atoms with Gasteiger partial charge in [-0.25, -0.2) is 0 Å². The molecule has 0 aliphatic rings. The summed E-state index contributed by atoms with van der Waals surface area (Å²) in [5, 5.41) is 0. The van der Waals surface area contributed by atoms with Gasteiger partial charge in [-0.05, 0) is 20.9 Å². The van der Waals surface area contributed by atoms with Gasteiger partial charge in [-0.15, -0.1) is 0 Å². The van der Waals surface area contributed by atoms with E-state index in [1.165, 1.54) is 0 Å². The van der Waals surface area contributed by atoms with Gasteiger partial charge in [-0.3, -0.25) is 9.69 Å². The van der Waals surface area contributed by atoms with E-state index in [0.717, 1.165) is 6.54 Å². The number of rotatable bonds is 6. The fourth-order valence-corrected chi connectivity index (χ4v) is 0.789. The summed E-state index contributed by atoms with van der Waals surface area (Å²) in [7, 11) is 1.84. The Kier molecular flexibility index (Phi) is 5.66. The van der Waals surface area contributed by atoms with Gasteiger partial charge >= 0.3 is 0 Å². The minimum Gasteiger partial charge on any atom is -0.377 e. The molecule has 0 saturated heterocycles. The van der Waals surface area contributed by atoms with E-state index in [1.54, 1.807) is 0 Å². The molecule has 0 aromatic rings. The molecule has 0 fully saturated rings. The number of primary amides is 1. The first kappa shape index (κ1) is 11.4. The normalized spacial score (nSPS) is 11.1. The van der Waals surface area contributed by atoms with Crippen molar-refractivity contribution in [2.45, 2.75) is 20.0 Å². The van der Waals surface area contributed by atoms with Crippen molar-refractivity contribution in [3.8, 4) is 0 Å². The number of nitrogens with zero attached hydrogens (tertiary/aromatic N) is 1. The Morgan fingerprint density at radius 3 is 2.58 bits per heavy atom. The Balaban J connectivity index is 3.31. The second-order valence-corrected chi connectivity index (χ2v) is 3.12. The predicted molar refractivity (Wildman–Crippen MR) is 47.8 cm³/mol. The molecule has 4 nitrogen and oxygen atoms in total. The lowest BCUT2D eigenvalue weighted by Crippen LogP contribution is -2.33. The maximum absolute atomic E-state index is 10.4. The van der Waals surface area contributed by atoms with Gasteiger partial charge in [0.2, 0.25) is 5.91 Å². The first-order valence-corrected chi connectivity index (χ1v) is 4.11. The lowest BCUT2D eigenvalue weighted by Gasteiger charge is -2.15. The van der Waals surface area contributed by atoms with E-state index in [9.17, 15) is 4.79 Å². The van der Waals surface area contributed by atoms with Crippen LogP contribution < -0.4 is 5.73 Å². The molecule has 0 unspecified atom stereocenters. The Morgan fingerprint density at radius 1 is 1.58 bits per heavy atom. The maximum atomic E-state index is 10.4. The molecule has 0 bridgehead atoms. The van der Waals surface area contributed by atoms with Crippen LogP contribution >= 0.6 is 0 Å². The SMILES string of the molecule is CC(C)OCCN(C)CC(N)=O. The topological polar surface area (TPSA) is 55.6 Å². The summed E-state index contributed by atoms with van der Waals surface area (Å²) < 4.78 is 5.30. The number of amides is 1. The average molecular weight is 174 g/mol. The van der Waals surface area contributed by atoms with E-state index in [2.05, 4.69) is 0 Å². The van der Waals surface area contributed by atoms with Crippen LogP contribution in [0.3, 0.4) is 0 Å². The second-order valence-electron chi connectivity index (χ2n) is 3.12. The fourth-order valence-electron chi connectivity index (χ4n) is 0.789. The number of ether oxygens (including phenoxy) is 1. The zero-order chi connectivity index (χ0) is 9.56. The summed E-state index contributed by atoms with van der Waals surface area (Å²) in [4.78, 5) is 12.3. The van der Waals surface area contributed by atoms with Gasteiger partial charge in [-0.1, -0.05) is 0 Å². The fraction of sp³-hybridized carbons (Fsp3) is 0.875. The lowest BCUT2D eigenvalue weighted by molar-refractivity contribution is -0.119. The minimum atomic E-state index is -0.304. The molecule has 0 saturated carbocycles. The van der Waals surface area contributed by atoms with E-state index in [1.807, 2.05) is 25.8 Å². The van der Waals surface area contributed by atoms with Crippen molar-refractivity contribution in [2.24, 2.45) is 5.73 Å². The minimum absolute atomic E-state index is 0.243. The summed E-state index contributed by atoms with van der Waals surface area (Å²) in [6, 6.07) is 0. The Morgan fingerprint density at radius 2 is 2.17 bits per heavy atom. The van der Waals surface area contributed by atoms with Crippen LogP contribution in [0.4, 0.5) is 0 Å². The number of hydrogen-bond donors (Lipinski definition) is 1. The molecule has 1 amide bonds. The predicted octanol–water partition coefficient (Wildman–Crippen LogP) is -0.171. The van der Waals surface area contributed by atoms with E-state index in [-0.39, 0.29) is 12.0 Å². The number of nitrogens with two attached hydrogens (primary N) is 1. The summed E-state index contributed by atoms with van der Waals surface area (Å²) in [5.74, 6) is -0.304. The molecule has 4 heteroatoms. The number of likely N-dealkylation sites (N-methyl/N-ethyl adjacent to an activating group) is 1. The van der Waals surface area contributed by atoms with E-state index >= 15 is 0 Å². The first-order valence-electron chi connectivity index (χ1n) is 4.11. The number of hydrogen-bond acceptors (Lipinski definition) is 3. The van der Waals surface area contributed by atoms with Crippen molar-refractivity contribution in [1.82, 2.24) is 4.90 Å². The van der Waals surface area contributed by atoms with Crippen molar-refractivity contribution < 1.29 is 9.53 Å². The van der Waals surface area contributed by atoms with Gasteiger partial charge in [-0.2, -0.15) is 0 Å². The van der Waals surface area contributed by atoms with Gasteiger partial charge in [0.25, 0.3) is 0 Å². The molecule has 0 aromatic carbocycles. The van der Waals surface area contributed by atoms with Crippen LogP contribution in [-0.4, -0.2) is 43.7 Å². The van der Waals surface area contributed by atoms with Crippen molar-refractivity contribution in [3.05, 3.63) is 0 Å². The molecular formula is C8H18N2O2. The summed E-state index contributed by atoms with van der Waals surface area (Å²) in [5.41, 5.74) is 5.00. The van der Waals surface area contributed by atoms with E-state index < -0.39 is 0 Å². The first-order chi connectivity index (χ1) is 5.52. The van der Waals surface area contributed by atoms with E-state index in [4.69, 9.17) is 10.5 Å². The van der Waals surface area contributed by atoms with Gasteiger partial charge in [0.05, 0.1) is 19.3 Å². The molecule has 0 atom stereocenters. The molecule has 0 rings (SSSR count). The summed E-state index contributed by atoms with van der Waals surface area (Å²) in [6.45, 7) is 5.63. The van der Waals surface area contributed by atoms with Gasteiger partial charge in [0.1, 0.15) is 0 Å². The largest absolute Gasteiger partial charge is 0.377 e. The third-order valence-corrected chi connectivity index (χ3v) is 1.35. The van der Waals surface area contributed by atoms with Gasteiger partial charge in [0.15, 0.2) is 0 Å². The third kappa shape index (κ3) is 7.50. The van der Waals surface area contributed by atoms with E-state index in [0.29, 0.717) is 13.2 Å². The standard InChI is InChI=1S/C8H18N2O2/c1-7(2)12-5-4-10(3)6-8(9)11/h7H,4-6H2,1-3H3,(H2,9,11). The third-order valence-electron chi connectivity index (χ3n) is 1.35. The maximum Gasteiger partial charge on any atom is 0.231 e. The van der Waals surface area contributed by atoms with Gasteiger partial charge < -0.3 is 10.5 Å². The van der Waals surface area contributed by atoms with Crippen molar-refractivity contribution in [1.29, 1.82) is 0 Å². The Labute approximate surface area is 73.7 Å². The molecule has 2 N–H and O–H groups in total. The molecule has 0 aromatic heterocycles. The molecule has 72 valence electrons. The number of carbonyl (C=O) groups is 1. The quantitative estimate of drug-likeness (QED) is 0.608. The Hall–Kier alpha value is -0.610. The average Bonchev–Trinajstić information content (AvgIpc) is 1.84. The van der Waals surface area contributed by atoms with Gasteiger partial charge in [0, 0.05) is 6.54 Å². The summed E-state index contributed by atoms with van der Waals surface area (Å²) >= 11 is 0. The molecule has 0 spiro atoms. The van der Waals surface area contributed by atoms with Crippen LogP contribution in [0.5, 0.6) is 0 Å². The second kappa shape index (κ2) is 5.97. The smallest absolute Gasteiger partial charge is 0.231 e. The molecule has 0 aliphatic heterocycles. The summed E-state index contributed by atoms with van der Waals surface area (Å²) in [6.07, 6.45) is 0.243. The van der Waals surface area contributed by atoms with Crippen LogP contribution in [-0.2, 0) is 9.53 Å². The highest BCUT2D eigenvalue weighted by molar-refractivity contribution is 5.75. The number of carbonyl (C=O) groups excluding carboxylic acids is 1. The highest BCUT2D eigenvalue weighted by atomic mass is 16.5. The molecular weight excluding hydrogens is 156 g/mol. The van der Waals surface area contributed by atoms with Crippen molar-refractivity contribution in [2.75, 3.05) is 26.7 Å². The molecule has 12 heavy (non-hydrogen) atoms. The monoisotopic (exact) mass is 174 g/mol. The van der Waals surface area contributed by atoms with Crippen LogP contribution in [0, 0.1) is 0 Å². The zero-order valence-electron chi connectivity index (χ0n) is 8.04. The molecule has 0 aliphatic carbocycles. The molecule has 0 radical (unpaired) electrons. The van der Waals surface area contributed by atoms with Crippen molar-refractivity contribution >= 4 is 5.91 Å². The van der Waals surface area contributed by atoms with Crippen LogP contribution in [0.25, 0.3) is 0 Å². The highest BCUT2D eigenvalue weighted by Gasteiger charge is 2.02. The zero-order valence-corrected chi connectivity index (χ0v) is 8.04. The lowest BCUT2D eigenvalue weighted by atomic mass is 10.4. The van der Waals surface area contributed by atoms with Crippen LogP contribution in [0.2, 0.25) is 0 Å². The Bertz CT molecular complexity index is 137.